The molecule has 0 N–H and O–H groups in total. The van der Waals surface area contributed by atoms with Gasteiger partial charge in [0.1, 0.15) is 11.4 Å². The van der Waals surface area contributed by atoms with E-state index in [0.717, 1.165) is 68.9 Å². The highest BCUT2D eigenvalue weighted by molar-refractivity contribution is 5.79. The summed E-state index contributed by atoms with van der Waals surface area (Å²) in [4.78, 5) is 18.2. The van der Waals surface area contributed by atoms with Crippen LogP contribution in [0.15, 0.2) is 24.3 Å². The van der Waals surface area contributed by atoms with Gasteiger partial charge in [0, 0.05) is 37.0 Å². The van der Waals surface area contributed by atoms with Crippen LogP contribution < -0.4 is 4.74 Å². The Morgan fingerprint density at radius 3 is 2.66 bits per heavy atom. The summed E-state index contributed by atoms with van der Waals surface area (Å²) in [7, 11) is 1.71. The second-order valence-corrected chi connectivity index (χ2v) is 9.61. The van der Waals surface area contributed by atoms with Crippen LogP contribution in [0.5, 0.6) is 5.75 Å². The number of hydrogen-bond acceptors (Lipinski definition) is 4. The average molecular weight is 437 g/mol. The minimum absolute atomic E-state index is 0.212. The van der Waals surface area contributed by atoms with Gasteiger partial charge in [-0.15, -0.1) is 0 Å². The molecule has 172 valence electrons. The molecule has 6 nitrogen and oxygen atoms in total. The van der Waals surface area contributed by atoms with E-state index < -0.39 is 0 Å². The van der Waals surface area contributed by atoms with Crippen molar-refractivity contribution in [1.29, 1.82) is 0 Å². The van der Waals surface area contributed by atoms with Crippen molar-refractivity contribution in [2.24, 2.45) is 5.92 Å². The van der Waals surface area contributed by atoms with Gasteiger partial charge in [-0.1, -0.05) is 38.3 Å². The summed E-state index contributed by atoms with van der Waals surface area (Å²) in [5, 5.41) is 5.13. The number of amides is 1. The van der Waals surface area contributed by atoms with Crippen molar-refractivity contribution >= 4 is 5.91 Å². The molecule has 1 amide bonds. The fourth-order valence-electron chi connectivity index (χ4n) is 5.46. The van der Waals surface area contributed by atoms with Crippen LogP contribution in [-0.4, -0.2) is 51.7 Å². The molecule has 5 rings (SSSR count). The van der Waals surface area contributed by atoms with Crippen LogP contribution in [0, 0.1) is 5.92 Å². The van der Waals surface area contributed by atoms with Crippen LogP contribution in [0.4, 0.5) is 0 Å². The average Bonchev–Trinajstić information content (AvgIpc) is 3.64. The van der Waals surface area contributed by atoms with E-state index in [1.165, 1.54) is 30.5 Å². The molecule has 2 saturated carbocycles. The summed E-state index contributed by atoms with van der Waals surface area (Å²) < 4.78 is 7.74. The number of benzene rings is 1. The Labute approximate surface area is 191 Å². The number of aromatic nitrogens is 2. The lowest BCUT2D eigenvalue weighted by Gasteiger charge is -2.30. The van der Waals surface area contributed by atoms with Gasteiger partial charge in [0.25, 0.3) is 0 Å². The molecule has 1 aliphatic heterocycles. The van der Waals surface area contributed by atoms with Gasteiger partial charge in [-0.2, -0.15) is 5.10 Å². The molecular weight excluding hydrogens is 400 g/mol. The minimum atomic E-state index is 0.212. The molecular formula is C26H36N4O2. The predicted octanol–water partition coefficient (Wildman–Crippen LogP) is 4.33. The molecule has 2 aliphatic carbocycles. The molecule has 0 atom stereocenters. The van der Waals surface area contributed by atoms with Crippen molar-refractivity contribution in [3.05, 3.63) is 41.2 Å². The summed E-state index contributed by atoms with van der Waals surface area (Å²) in [6.07, 6.45) is 9.00. The number of carbonyl (C=O) groups excluding carboxylic acids is 1. The summed E-state index contributed by atoms with van der Waals surface area (Å²) in [6.45, 7) is 5.84. The lowest BCUT2D eigenvalue weighted by Crippen LogP contribution is -2.39. The van der Waals surface area contributed by atoms with Crippen LogP contribution in [0.1, 0.15) is 68.8 Å². The number of ether oxygens (including phenoxy) is 1. The van der Waals surface area contributed by atoms with Gasteiger partial charge >= 0.3 is 0 Å². The monoisotopic (exact) mass is 436 g/mol. The highest BCUT2D eigenvalue weighted by Crippen LogP contribution is 2.35. The minimum Gasteiger partial charge on any atom is -0.494 e. The standard InChI is InChI=1S/C26H36N4O2/c1-3-28-16-15-23-21(17-28)22(27-30(23)24-11-7-8-12-25(24)32-2)18-29(20-13-14-20)26(31)19-9-5-4-6-10-19/h7-8,11-12,19-20H,3-6,9-10,13-18H2,1-2H3. The molecule has 1 aromatic heterocycles. The first-order valence-corrected chi connectivity index (χ1v) is 12.5. The van der Waals surface area contributed by atoms with E-state index in [2.05, 4.69) is 27.5 Å². The highest BCUT2D eigenvalue weighted by atomic mass is 16.5. The molecule has 0 spiro atoms. The molecule has 3 aliphatic rings. The first-order chi connectivity index (χ1) is 15.7. The molecule has 32 heavy (non-hydrogen) atoms. The van der Waals surface area contributed by atoms with Crippen LogP contribution in [0.25, 0.3) is 5.69 Å². The molecule has 6 heteroatoms. The Hall–Kier alpha value is -2.34. The smallest absolute Gasteiger partial charge is 0.226 e. The zero-order valence-electron chi connectivity index (χ0n) is 19.6. The van der Waals surface area contributed by atoms with Gasteiger partial charge in [0.15, 0.2) is 0 Å². The molecule has 0 radical (unpaired) electrons. The Morgan fingerprint density at radius 2 is 1.94 bits per heavy atom. The summed E-state index contributed by atoms with van der Waals surface area (Å²) in [5.74, 6) is 1.42. The number of fused-ring (bicyclic) bond motifs is 1. The number of hydrogen-bond donors (Lipinski definition) is 0. The van der Waals surface area contributed by atoms with Gasteiger partial charge in [-0.3, -0.25) is 9.69 Å². The van der Waals surface area contributed by atoms with E-state index >= 15 is 0 Å². The number of para-hydroxylation sites is 2. The zero-order chi connectivity index (χ0) is 22.1. The Bertz CT molecular complexity index is 959. The largest absolute Gasteiger partial charge is 0.494 e. The molecule has 0 bridgehead atoms. The number of carbonyl (C=O) groups is 1. The Balaban J connectivity index is 1.50. The maximum atomic E-state index is 13.5. The fourth-order valence-corrected chi connectivity index (χ4v) is 5.46. The van der Waals surface area contributed by atoms with Crippen LogP contribution >= 0.6 is 0 Å². The topological polar surface area (TPSA) is 50.6 Å². The van der Waals surface area contributed by atoms with E-state index in [4.69, 9.17) is 9.84 Å². The number of likely N-dealkylation sites (N-methyl/N-ethyl adjacent to an activating group) is 1. The van der Waals surface area contributed by atoms with E-state index in [1.54, 1.807) is 7.11 Å². The lowest BCUT2D eigenvalue weighted by molar-refractivity contribution is -0.137. The van der Waals surface area contributed by atoms with Crippen molar-refractivity contribution in [3.63, 3.8) is 0 Å². The van der Waals surface area contributed by atoms with Gasteiger partial charge in [0.05, 0.1) is 25.0 Å². The fraction of sp³-hybridized carbons (Fsp3) is 0.615. The van der Waals surface area contributed by atoms with E-state index in [9.17, 15) is 4.79 Å². The van der Waals surface area contributed by atoms with Crippen LogP contribution in [0.3, 0.4) is 0 Å². The number of nitrogens with zero attached hydrogens (tertiary/aromatic N) is 4. The van der Waals surface area contributed by atoms with Crippen molar-refractivity contribution in [2.75, 3.05) is 20.2 Å². The Kier molecular flexibility index (Phi) is 6.22. The molecule has 0 saturated heterocycles. The molecule has 2 heterocycles. The first-order valence-electron chi connectivity index (χ1n) is 12.5. The Morgan fingerprint density at radius 1 is 1.16 bits per heavy atom. The highest BCUT2D eigenvalue weighted by Gasteiger charge is 2.38. The lowest BCUT2D eigenvalue weighted by atomic mass is 9.88. The van der Waals surface area contributed by atoms with Gasteiger partial charge in [0.2, 0.25) is 5.91 Å². The number of methoxy groups -OCH3 is 1. The van der Waals surface area contributed by atoms with E-state index in [0.29, 0.717) is 18.5 Å². The third-order valence-corrected chi connectivity index (χ3v) is 7.53. The normalized spacial score (nSPS) is 19.6. The summed E-state index contributed by atoms with van der Waals surface area (Å²) in [5.41, 5.74) is 4.64. The van der Waals surface area contributed by atoms with Crippen molar-refractivity contribution < 1.29 is 9.53 Å². The van der Waals surface area contributed by atoms with E-state index in [-0.39, 0.29) is 5.92 Å². The maximum absolute atomic E-state index is 13.5. The SMILES string of the molecule is CCN1CCc2c(c(CN(C(=O)C3CCCCC3)C3CC3)nn2-c2ccccc2OC)C1. The van der Waals surface area contributed by atoms with Crippen molar-refractivity contribution in [3.8, 4) is 11.4 Å². The molecule has 0 unspecified atom stereocenters. The number of rotatable bonds is 7. The second kappa shape index (κ2) is 9.26. The zero-order valence-corrected chi connectivity index (χ0v) is 19.6. The van der Waals surface area contributed by atoms with Crippen molar-refractivity contribution in [1.82, 2.24) is 19.6 Å². The molecule has 2 aromatic rings. The predicted molar refractivity (Wildman–Crippen MR) is 125 cm³/mol. The molecule has 2 fully saturated rings. The van der Waals surface area contributed by atoms with Gasteiger partial charge in [-0.25, -0.2) is 4.68 Å². The summed E-state index contributed by atoms with van der Waals surface area (Å²) in [6, 6.07) is 8.51. The van der Waals surface area contributed by atoms with Gasteiger partial charge < -0.3 is 9.64 Å². The van der Waals surface area contributed by atoms with Crippen LogP contribution in [-0.2, 0) is 24.3 Å². The third-order valence-electron chi connectivity index (χ3n) is 7.53. The quantitative estimate of drug-likeness (QED) is 0.648. The van der Waals surface area contributed by atoms with Crippen LogP contribution in [0.2, 0.25) is 0 Å². The first kappa shape index (κ1) is 21.5. The maximum Gasteiger partial charge on any atom is 0.226 e. The third kappa shape index (κ3) is 4.17. The van der Waals surface area contributed by atoms with Gasteiger partial charge in [-0.05, 0) is 44.4 Å². The van der Waals surface area contributed by atoms with E-state index in [1.807, 2.05) is 18.2 Å². The summed E-state index contributed by atoms with van der Waals surface area (Å²) >= 11 is 0. The molecule has 1 aromatic carbocycles. The second-order valence-electron chi connectivity index (χ2n) is 9.61. The van der Waals surface area contributed by atoms with Crippen molar-refractivity contribution in [2.45, 2.75) is 77.4 Å².